The van der Waals surface area contributed by atoms with Crippen LogP contribution < -0.4 is 4.74 Å². The van der Waals surface area contributed by atoms with Gasteiger partial charge in [0, 0.05) is 5.56 Å². The summed E-state index contributed by atoms with van der Waals surface area (Å²) < 4.78 is 43.8. The molecular weight excluding hydrogens is 265 g/mol. The van der Waals surface area contributed by atoms with Gasteiger partial charge in [-0.3, -0.25) is 0 Å². The minimum absolute atomic E-state index is 0.542. The van der Waals surface area contributed by atoms with Crippen molar-refractivity contribution in [2.45, 2.75) is 20.0 Å². The molecule has 20 heavy (non-hydrogen) atoms. The van der Waals surface area contributed by atoms with Crippen molar-refractivity contribution in [3.8, 4) is 16.9 Å². The van der Waals surface area contributed by atoms with Gasteiger partial charge < -0.3 is 4.74 Å². The fourth-order valence-electron chi connectivity index (χ4n) is 2.12. The standard InChI is InChI=1S/C16H15F3O/c1-10-4-7-15(20-3)14(8-10)13-9-12(16(17,18)19)6-5-11(13)2/h4-9H,1-3H3. The first-order chi connectivity index (χ1) is 9.32. The number of hydrogen-bond acceptors (Lipinski definition) is 1. The lowest BCUT2D eigenvalue weighted by atomic mass is 9.96. The Kier molecular flexibility index (Phi) is 3.75. The van der Waals surface area contributed by atoms with Crippen LogP contribution in [0, 0.1) is 13.8 Å². The maximum absolute atomic E-state index is 12.8. The zero-order chi connectivity index (χ0) is 14.9. The van der Waals surface area contributed by atoms with Crippen LogP contribution in [0.4, 0.5) is 13.2 Å². The molecule has 106 valence electrons. The fraction of sp³-hybridized carbons (Fsp3) is 0.250. The summed E-state index contributed by atoms with van der Waals surface area (Å²) >= 11 is 0. The van der Waals surface area contributed by atoms with E-state index in [9.17, 15) is 13.2 Å². The SMILES string of the molecule is COc1ccc(C)cc1-c1cc(C(F)(F)F)ccc1C. The first kappa shape index (κ1) is 14.4. The quantitative estimate of drug-likeness (QED) is 0.752. The molecule has 0 aliphatic rings. The van der Waals surface area contributed by atoms with E-state index in [1.54, 1.807) is 13.0 Å². The van der Waals surface area contributed by atoms with E-state index in [1.165, 1.54) is 19.2 Å². The van der Waals surface area contributed by atoms with Crippen LogP contribution in [0.1, 0.15) is 16.7 Å². The highest BCUT2D eigenvalue weighted by Gasteiger charge is 2.31. The predicted octanol–water partition coefficient (Wildman–Crippen LogP) is 5.00. The Labute approximate surface area is 116 Å². The summed E-state index contributed by atoms with van der Waals surface area (Å²) in [5, 5.41) is 0. The van der Waals surface area contributed by atoms with Gasteiger partial charge in [-0.2, -0.15) is 13.2 Å². The predicted molar refractivity (Wildman–Crippen MR) is 72.9 cm³/mol. The maximum Gasteiger partial charge on any atom is 0.416 e. The summed E-state index contributed by atoms with van der Waals surface area (Å²) in [6.07, 6.45) is -4.35. The summed E-state index contributed by atoms with van der Waals surface area (Å²) in [4.78, 5) is 0. The summed E-state index contributed by atoms with van der Waals surface area (Å²) in [7, 11) is 1.51. The van der Waals surface area contributed by atoms with Crippen molar-refractivity contribution in [2.24, 2.45) is 0 Å². The number of halogens is 3. The van der Waals surface area contributed by atoms with Crippen molar-refractivity contribution >= 4 is 0 Å². The molecule has 0 saturated carbocycles. The molecule has 0 saturated heterocycles. The van der Waals surface area contributed by atoms with E-state index in [1.807, 2.05) is 19.1 Å². The Morgan fingerprint density at radius 3 is 2.20 bits per heavy atom. The molecule has 0 aliphatic carbocycles. The van der Waals surface area contributed by atoms with Gasteiger partial charge in [0.1, 0.15) is 5.75 Å². The highest BCUT2D eigenvalue weighted by Crippen LogP contribution is 2.37. The lowest BCUT2D eigenvalue weighted by Crippen LogP contribution is -2.05. The largest absolute Gasteiger partial charge is 0.496 e. The van der Waals surface area contributed by atoms with Gasteiger partial charge in [0.2, 0.25) is 0 Å². The third-order valence-corrected chi connectivity index (χ3v) is 3.21. The Bertz CT molecular complexity index is 630. The van der Waals surface area contributed by atoms with E-state index in [-0.39, 0.29) is 0 Å². The van der Waals surface area contributed by atoms with Crippen LogP contribution >= 0.6 is 0 Å². The van der Waals surface area contributed by atoms with Crippen molar-refractivity contribution < 1.29 is 17.9 Å². The third kappa shape index (κ3) is 2.79. The Balaban J connectivity index is 2.66. The molecule has 0 aromatic heterocycles. The van der Waals surface area contributed by atoms with E-state index in [0.717, 1.165) is 17.2 Å². The van der Waals surface area contributed by atoms with Gasteiger partial charge in [-0.1, -0.05) is 17.7 Å². The number of methoxy groups -OCH3 is 1. The van der Waals surface area contributed by atoms with Gasteiger partial charge in [-0.25, -0.2) is 0 Å². The van der Waals surface area contributed by atoms with Gasteiger partial charge in [0.05, 0.1) is 12.7 Å². The molecule has 2 aromatic carbocycles. The van der Waals surface area contributed by atoms with Crippen LogP contribution in [0.2, 0.25) is 0 Å². The number of alkyl halides is 3. The molecular formula is C16H15F3O. The highest BCUT2D eigenvalue weighted by molar-refractivity contribution is 5.74. The third-order valence-electron chi connectivity index (χ3n) is 3.21. The lowest BCUT2D eigenvalue weighted by Gasteiger charge is -2.15. The molecule has 0 radical (unpaired) electrons. The number of aryl methyl sites for hydroxylation is 2. The molecule has 2 aromatic rings. The first-order valence-electron chi connectivity index (χ1n) is 6.16. The molecule has 0 N–H and O–H groups in total. The zero-order valence-corrected chi connectivity index (χ0v) is 11.5. The van der Waals surface area contributed by atoms with E-state index >= 15 is 0 Å². The summed E-state index contributed by atoms with van der Waals surface area (Å²) in [5.74, 6) is 0.568. The topological polar surface area (TPSA) is 9.23 Å². The Hall–Kier alpha value is -1.97. The van der Waals surface area contributed by atoms with E-state index in [0.29, 0.717) is 16.9 Å². The Morgan fingerprint density at radius 1 is 0.900 bits per heavy atom. The van der Waals surface area contributed by atoms with Crippen molar-refractivity contribution in [3.63, 3.8) is 0 Å². The molecule has 0 aliphatic heterocycles. The minimum atomic E-state index is -4.35. The van der Waals surface area contributed by atoms with Crippen LogP contribution in [-0.4, -0.2) is 7.11 Å². The average molecular weight is 280 g/mol. The molecule has 0 spiro atoms. The lowest BCUT2D eigenvalue weighted by molar-refractivity contribution is -0.137. The van der Waals surface area contributed by atoms with Crippen molar-refractivity contribution in [3.05, 3.63) is 53.1 Å². The summed E-state index contributed by atoms with van der Waals surface area (Å²) in [6.45, 7) is 3.68. The minimum Gasteiger partial charge on any atom is -0.496 e. The highest BCUT2D eigenvalue weighted by atomic mass is 19.4. The maximum atomic E-state index is 12.8. The molecule has 2 rings (SSSR count). The number of benzene rings is 2. The van der Waals surface area contributed by atoms with Crippen LogP contribution in [0.3, 0.4) is 0 Å². The van der Waals surface area contributed by atoms with E-state index < -0.39 is 11.7 Å². The van der Waals surface area contributed by atoms with Crippen molar-refractivity contribution in [1.29, 1.82) is 0 Å². The van der Waals surface area contributed by atoms with Gasteiger partial charge in [0.25, 0.3) is 0 Å². The normalized spacial score (nSPS) is 11.5. The monoisotopic (exact) mass is 280 g/mol. The molecule has 0 atom stereocenters. The molecule has 0 unspecified atom stereocenters. The molecule has 0 heterocycles. The second kappa shape index (κ2) is 5.19. The second-order valence-corrected chi connectivity index (χ2v) is 4.73. The van der Waals surface area contributed by atoms with Crippen molar-refractivity contribution in [1.82, 2.24) is 0 Å². The zero-order valence-electron chi connectivity index (χ0n) is 11.5. The van der Waals surface area contributed by atoms with Crippen LogP contribution in [-0.2, 0) is 6.18 Å². The summed E-state index contributed by atoms with van der Waals surface area (Å²) in [6, 6.07) is 9.23. The first-order valence-corrected chi connectivity index (χ1v) is 6.16. The van der Waals surface area contributed by atoms with Crippen LogP contribution in [0.15, 0.2) is 36.4 Å². The molecule has 0 bridgehead atoms. The second-order valence-electron chi connectivity index (χ2n) is 4.73. The van der Waals surface area contributed by atoms with Crippen molar-refractivity contribution in [2.75, 3.05) is 7.11 Å². The van der Waals surface area contributed by atoms with Gasteiger partial charge in [-0.05, 0) is 49.2 Å². The van der Waals surface area contributed by atoms with Gasteiger partial charge in [0.15, 0.2) is 0 Å². The number of rotatable bonds is 2. The molecule has 0 fully saturated rings. The molecule has 1 nitrogen and oxygen atoms in total. The van der Waals surface area contributed by atoms with E-state index in [4.69, 9.17) is 4.74 Å². The fourth-order valence-corrected chi connectivity index (χ4v) is 2.12. The smallest absolute Gasteiger partial charge is 0.416 e. The summed E-state index contributed by atoms with van der Waals surface area (Å²) in [5.41, 5.74) is 2.32. The number of ether oxygens (including phenoxy) is 1. The molecule has 4 heteroatoms. The van der Waals surface area contributed by atoms with Gasteiger partial charge in [-0.15, -0.1) is 0 Å². The Morgan fingerprint density at radius 2 is 1.60 bits per heavy atom. The number of hydrogen-bond donors (Lipinski definition) is 0. The van der Waals surface area contributed by atoms with Gasteiger partial charge >= 0.3 is 6.18 Å². The van der Waals surface area contributed by atoms with Crippen LogP contribution in [0.25, 0.3) is 11.1 Å². The average Bonchev–Trinajstić information content (AvgIpc) is 2.38. The van der Waals surface area contributed by atoms with E-state index in [2.05, 4.69) is 0 Å². The molecule has 0 amide bonds. The van der Waals surface area contributed by atoms with Crippen LogP contribution in [0.5, 0.6) is 5.75 Å².